The summed E-state index contributed by atoms with van der Waals surface area (Å²) in [5.74, 6) is 0.997. The first-order valence-electron chi connectivity index (χ1n) is 13.9. The first-order valence-corrected chi connectivity index (χ1v) is 13.9. The quantitative estimate of drug-likeness (QED) is 0.282. The van der Waals surface area contributed by atoms with Gasteiger partial charge in [0.25, 0.3) is 0 Å². The SMILES string of the molecule is Cc1cc(C)c2c(c1)nc(-c1ccc(N3CCN(C)CC3)cc1)c1nc(-c3ccccc3)n(CCN(C)C)c12. The smallest absolute Gasteiger partial charge is 0.141 e. The zero-order chi connectivity index (χ0) is 27.1. The third-order valence-corrected chi connectivity index (χ3v) is 7.93. The molecule has 39 heavy (non-hydrogen) atoms. The molecule has 1 fully saturated rings. The summed E-state index contributed by atoms with van der Waals surface area (Å²) >= 11 is 0. The van der Waals surface area contributed by atoms with E-state index in [4.69, 9.17) is 9.97 Å². The molecule has 3 aromatic carbocycles. The Morgan fingerprint density at radius 2 is 1.54 bits per heavy atom. The molecule has 0 spiro atoms. The van der Waals surface area contributed by atoms with Crippen LogP contribution in [0.25, 0.3) is 44.6 Å². The average molecular weight is 519 g/mol. The first-order chi connectivity index (χ1) is 18.9. The van der Waals surface area contributed by atoms with Crippen LogP contribution >= 0.6 is 0 Å². The number of anilines is 1. The van der Waals surface area contributed by atoms with E-state index in [0.29, 0.717) is 0 Å². The summed E-state index contributed by atoms with van der Waals surface area (Å²) in [7, 11) is 6.45. The molecule has 0 amide bonds. The number of hydrogen-bond donors (Lipinski definition) is 0. The summed E-state index contributed by atoms with van der Waals surface area (Å²) in [6.45, 7) is 10.4. The van der Waals surface area contributed by atoms with Gasteiger partial charge in [0.2, 0.25) is 0 Å². The van der Waals surface area contributed by atoms with E-state index in [1.807, 2.05) is 0 Å². The third kappa shape index (κ3) is 4.90. The van der Waals surface area contributed by atoms with Gasteiger partial charge in [0.15, 0.2) is 0 Å². The maximum Gasteiger partial charge on any atom is 0.141 e. The van der Waals surface area contributed by atoms with E-state index in [1.165, 1.54) is 27.7 Å². The van der Waals surface area contributed by atoms with Gasteiger partial charge in [-0.05, 0) is 64.3 Å². The Morgan fingerprint density at radius 1 is 0.821 bits per heavy atom. The Morgan fingerprint density at radius 3 is 2.23 bits per heavy atom. The second-order valence-electron chi connectivity index (χ2n) is 11.2. The zero-order valence-corrected chi connectivity index (χ0v) is 23.8. The molecular formula is C33H38N6. The molecule has 0 radical (unpaired) electrons. The van der Waals surface area contributed by atoms with Crippen LogP contribution in [0.3, 0.4) is 0 Å². The minimum absolute atomic E-state index is 0.849. The van der Waals surface area contributed by atoms with Gasteiger partial charge in [0.1, 0.15) is 11.3 Å². The third-order valence-electron chi connectivity index (χ3n) is 7.93. The fourth-order valence-electron chi connectivity index (χ4n) is 5.81. The number of nitrogens with zero attached hydrogens (tertiary/aromatic N) is 6. The average Bonchev–Trinajstić information content (AvgIpc) is 3.31. The number of piperazine rings is 1. The van der Waals surface area contributed by atoms with Gasteiger partial charge in [-0.25, -0.2) is 9.97 Å². The summed E-state index contributed by atoms with van der Waals surface area (Å²) < 4.78 is 2.42. The number of likely N-dealkylation sites (N-methyl/N-ethyl adjacent to an activating group) is 2. The maximum absolute atomic E-state index is 5.34. The van der Waals surface area contributed by atoms with Crippen molar-refractivity contribution >= 4 is 27.6 Å². The van der Waals surface area contributed by atoms with Crippen molar-refractivity contribution in [1.29, 1.82) is 0 Å². The van der Waals surface area contributed by atoms with E-state index in [9.17, 15) is 0 Å². The van der Waals surface area contributed by atoms with Crippen LogP contribution in [-0.4, -0.2) is 78.2 Å². The molecular weight excluding hydrogens is 480 g/mol. The molecule has 1 aliphatic rings. The van der Waals surface area contributed by atoms with E-state index in [0.717, 1.165) is 72.9 Å². The summed E-state index contributed by atoms with van der Waals surface area (Å²) in [5.41, 5.74) is 10.1. The van der Waals surface area contributed by atoms with Crippen molar-refractivity contribution in [2.45, 2.75) is 20.4 Å². The van der Waals surface area contributed by atoms with Crippen LogP contribution in [0, 0.1) is 13.8 Å². The van der Waals surface area contributed by atoms with Gasteiger partial charge in [0, 0.05) is 61.5 Å². The highest BCUT2D eigenvalue weighted by molar-refractivity contribution is 6.10. The van der Waals surface area contributed by atoms with E-state index in [-0.39, 0.29) is 0 Å². The molecule has 1 saturated heterocycles. The van der Waals surface area contributed by atoms with Crippen molar-refractivity contribution in [3.63, 3.8) is 0 Å². The van der Waals surface area contributed by atoms with Gasteiger partial charge < -0.3 is 19.3 Å². The van der Waals surface area contributed by atoms with Gasteiger partial charge in [-0.3, -0.25) is 0 Å². The lowest BCUT2D eigenvalue weighted by molar-refractivity contribution is 0.313. The fraction of sp³-hybridized carbons (Fsp3) is 0.333. The topological polar surface area (TPSA) is 40.4 Å². The van der Waals surface area contributed by atoms with E-state index < -0.39 is 0 Å². The molecule has 3 heterocycles. The molecule has 1 aliphatic heterocycles. The summed E-state index contributed by atoms with van der Waals surface area (Å²) in [4.78, 5) is 17.7. The molecule has 0 saturated carbocycles. The van der Waals surface area contributed by atoms with Gasteiger partial charge in [-0.15, -0.1) is 0 Å². The number of rotatable bonds is 6. The second-order valence-corrected chi connectivity index (χ2v) is 11.2. The number of hydrogen-bond acceptors (Lipinski definition) is 5. The molecule has 6 nitrogen and oxygen atoms in total. The van der Waals surface area contributed by atoms with Crippen molar-refractivity contribution in [3.8, 4) is 22.6 Å². The second kappa shape index (κ2) is 10.4. The molecule has 6 heteroatoms. The van der Waals surface area contributed by atoms with E-state index in [1.54, 1.807) is 0 Å². The van der Waals surface area contributed by atoms with Crippen LogP contribution in [0.15, 0.2) is 66.7 Å². The van der Waals surface area contributed by atoms with E-state index >= 15 is 0 Å². The van der Waals surface area contributed by atoms with Crippen LogP contribution in [-0.2, 0) is 6.54 Å². The molecule has 0 bridgehead atoms. The number of benzene rings is 3. The normalized spacial score (nSPS) is 14.7. The predicted octanol–water partition coefficient (Wildman–Crippen LogP) is 5.85. The molecule has 6 rings (SSSR count). The number of fused-ring (bicyclic) bond motifs is 3. The Bertz CT molecular complexity index is 1610. The van der Waals surface area contributed by atoms with Crippen molar-refractivity contribution in [3.05, 3.63) is 77.9 Å². The van der Waals surface area contributed by atoms with Crippen LogP contribution in [0.1, 0.15) is 11.1 Å². The highest BCUT2D eigenvalue weighted by atomic mass is 15.2. The molecule has 5 aromatic rings. The molecule has 2 aromatic heterocycles. The van der Waals surface area contributed by atoms with Gasteiger partial charge >= 0.3 is 0 Å². The number of aromatic nitrogens is 3. The minimum atomic E-state index is 0.849. The zero-order valence-electron chi connectivity index (χ0n) is 23.8. The lowest BCUT2D eigenvalue weighted by Gasteiger charge is -2.34. The Kier molecular flexibility index (Phi) is 6.83. The number of aryl methyl sites for hydroxylation is 2. The lowest BCUT2D eigenvalue weighted by Crippen LogP contribution is -2.44. The summed E-state index contributed by atoms with van der Waals surface area (Å²) in [6, 6.07) is 24.0. The van der Waals surface area contributed by atoms with E-state index in [2.05, 4.69) is 121 Å². The predicted molar refractivity (Wildman–Crippen MR) is 164 cm³/mol. The standard InChI is InChI=1S/C33H38N6/c1-23-21-24(2)29-28(22-23)34-30(25-11-13-27(14-12-25)38-18-16-37(5)17-19-38)31-32(29)39(20-15-36(3)4)33(35-31)26-9-7-6-8-10-26/h6-14,21-22H,15-20H2,1-5H3. The van der Waals surface area contributed by atoms with Crippen LogP contribution in [0.4, 0.5) is 5.69 Å². The fourth-order valence-corrected chi connectivity index (χ4v) is 5.81. The molecule has 0 unspecified atom stereocenters. The Balaban J connectivity index is 1.57. The molecule has 0 aliphatic carbocycles. The van der Waals surface area contributed by atoms with Crippen molar-refractivity contribution in [1.82, 2.24) is 24.3 Å². The highest BCUT2D eigenvalue weighted by Crippen LogP contribution is 2.37. The number of imidazole rings is 1. The minimum Gasteiger partial charge on any atom is -0.369 e. The van der Waals surface area contributed by atoms with Crippen molar-refractivity contribution in [2.24, 2.45) is 0 Å². The molecule has 200 valence electrons. The van der Waals surface area contributed by atoms with Crippen molar-refractivity contribution in [2.75, 3.05) is 58.8 Å². The van der Waals surface area contributed by atoms with Gasteiger partial charge in [-0.2, -0.15) is 0 Å². The largest absolute Gasteiger partial charge is 0.369 e. The number of pyridine rings is 1. The molecule has 0 N–H and O–H groups in total. The van der Waals surface area contributed by atoms with Crippen LogP contribution in [0.5, 0.6) is 0 Å². The Labute approximate surface area is 231 Å². The molecule has 0 atom stereocenters. The van der Waals surface area contributed by atoms with Gasteiger partial charge in [-0.1, -0.05) is 48.5 Å². The van der Waals surface area contributed by atoms with Gasteiger partial charge in [0.05, 0.1) is 16.7 Å². The Hall–Kier alpha value is -3.74. The lowest BCUT2D eigenvalue weighted by atomic mass is 10.0. The van der Waals surface area contributed by atoms with Crippen LogP contribution in [0.2, 0.25) is 0 Å². The first kappa shape index (κ1) is 25.5. The monoisotopic (exact) mass is 518 g/mol. The van der Waals surface area contributed by atoms with Crippen molar-refractivity contribution < 1.29 is 0 Å². The summed E-state index contributed by atoms with van der Waals surface area (Å²) in [5, 5.41) is 1.20. The maximum atomic E-state index is 5.34. The van der Waals surface area contributed by atoms with Crippen LogP contribution < -0.4 is 4.90 Å². The summed E-state index contributed by atoms with van der Waals surface area (Å²) in [6.07, 6.45) is 0. The highest BCUT2D eigenvalue weighted by Gasteiger charge is 2.22.